The maximum atomic E-state index is 14.2. The molecule has 0 amide bonds. The highest BCUT2D eigenvalue weighted by molar-refractivity contribution is 7.89. The quantitative estimate of drug-likeness (QED) is 0.211. The molecule has 6 atom stereocenters. The number of fused-ring (bicyclic) bond motifs is 4. The van der Waals surface area contributed by atoms with E-state index in [1.807, 2.05) is 7.05 Å². The maximum Gasteiger partial charge on any atom is 0.215 e. The molecule has 10 heteroatoms. The first kappa shape index (κ1) is 44.8. The van der Waals surface area contributed by atoms with E-state index in [-0.39, 0.29) is 45.8 Å². The van der Waals surface area contributed by atoms with E-state index in [0.29, 0.717) is 35.4 Å². The summed E-state index contributed by atoms with van der Waals surface area (Å²) in [5, 5.41) is 3.53. The largest absolute Gasteiger partial charge is 0.316 e. The molecule has 0 heterocycles. The monoisotopic (exact) mass is 835 g/mol. The van der Waals surface area contributed by atoms with Crippen LogP contribution in [0.3, 0.4) is 0 Å². The zero-order valence-electron chi connectivity index (χ0n) is 37.7. The van der Waals surface area contributed by atoms with E-state index < -0.39 is 20.0 Å². The van der Waals surface area contributed by atoms with Crippen LogP contribution in [0, 0.1) is 33.5 Å². The topological polar surface area (TPSA) is 90.0 Å². The Kier molecular flexibility index (Phi) is 13.7. The molecule has 1 N–H and O–H groups in total. The van der Waals surface area contributed by atoms with E-state index in [2.05, 4.69) is 60.6 Å². The van der Waals surface area contributed by atoms with Gasteiger partial charge in [0, 0.05) is 47.1 Å². The lowest BCUT2D eigenvalue weighted by molar-refractivity contribution is 0.0710. The van der Waals surface area contributed by atoms with Gasteiger partial charge in [-0.3, -0.25) is 0 Å². The summed E-state index contributed by atoms with van der Waals surface area (Å²) >= 11 is 0. The third-order valence-electron chi connectivity index (χ3n) is 19.1. The van der Waals surface area contributed by atoms with Crippen LogP contribution in [0.25, 0.3) is 0 Å². The molecule has 57 heavy (non-hydrogen) atoms. The molecule has 6 unspecified atom stereocenters. The van der Waals surface area contributed by atoms with Crippen LogP contribution in [0.5, 0.6) is 0 Å². The van der Waals surface area contributed by atoms with Crippen LogP contribution in [0.1, 0.15) is 195 Å². The number of nitrogens with one attached hydrogen (secondary N) is 1. The Balaban J connectivity index is 0.000000174. The summed E-state index contributed by atoms with van der Waals surface area (Å²) in [6, 6.07) is 1.77. The lowest BCUT2D eigenvalue weighted by Crippen LogP contribution is -2.56. The van der Waals surface area contributed by atoms with Crippen LogP contribution in [0.4, 0.5) is 0 Å². The molecule has 4 bridgehead atoms. The summed E-state index contributed by atoms with van der Waals surface area (Å²) in [6.45, 7) is 9.44. The minimum absolute atomic E-state index is 0.0957. The third-order valence-corrected chi connectivity index (χ3v) is 23.3. The van der Waals surface area contributed by atoms with Crippen molar-refractivity contribution in [3.63, 3.8) is 0 Å². The molecule has 0 radical (unpaired) electrons. The fraction of sp³-hybridized carbons (Fsp3) is 1.00. The molecular formula is C47H86N4O4S2. The van der Waals surface area contributed by atoms with Crippen LogP contribution in [0.15, 0.2) is 0 Å². The van der Waals surface area contributed by atoms with Crippen molar-refractivity contribution in [2.45, 2.75) is 231 Å². The molecule has 8 nitrogen and oxygen atoms in total. The van der Waals surface area contributed by atoms with Crippen LogP contribution >= 0.6 is 0 Å². The van der Waals surface area contributed by atoms with Gasteiger partial charge in [0.1, 0.15) is 0 Å². The number of sulfonamides is 2. The van der Waals surface area contributed by atoms with E-state index in [9.17, 15) is 16.8 Å². The Bertz CT molecular complexity index is 1520. The number of hydrogen-bond acceptors (Lipinski definition) is 6. The summed E-state index contributed by atoms with van der Waals surface area (Å²) in [5.74, 6) is 2.07. The first-order valence-electron chi connectivity index (χ1n) is 24.4. The Labute approximate surface area is 351 Å². The second kappa shape index (κ2) is 17.5. The molecule has 0 spiro atoms. The lowest BCUT2D eigenvalue weighted by atomic mass is 9.68. The average molecular weight is 835 g/mol. The molecule has 0 saturated heterocycles. The number of hydrogen-bond donors (Lipinski definition) is 1. The molecule has 8 saturated carbocycles. The molecule has 330 valence electrons. The normalized spacial score (nSPS) is 36.7. The van der Waals surface area contributed by atoms with Gasteiger partial charge in [-0.05, 0) is 134 Å². The van der Waals surface area contributed by atoms with Gasteiger partial charge >= 0.3 is 0 Å². The Hall–Kier alpha value is -0.260. The molecule has 8 aliphatic rings. The summed E-state index contributed by atoms with van der Waals surface area (Å²) in [5.41, 5.74) is 0.0206. The molecule has 0 aliphatic heterocycles. The standard InChI is InChI=1S/C24H44N2O2S.C23H42N2O2S/c1-23(2)19-15-16-24(23,22(17-19)25(3)4)18-29(27,28)26(20-11-7-5-8-12-20)21-13-9-6-10-14-21;1-22(2)18-14-15-23(22,21(16-18)24-3)17-28(26,27)25(19-10-6-4-7-11-19)20-12-8-5-9-13-20/h19-22H,5-18H2,1-4H3;18-21,24H,4-17H2,1-3H3. The summed E-state index contributed by atoms with van der Waals surface area (Å²) in [6.07, 6.45) is 30.1. The van der Waals surface area contributed by atoms with Crippen molar-refractivity contribution in [3.05, 3.63) is 0 Å². The van der Waals surface area contributed by atoms with Crippen molar-refractivity contribution in [2.75, 3.05) is 32.6 Å². The van der Waals surface area contributed by atoms with Crippen molar-refractivity contribution >= 4 is 20.0 Å². The summed E-state index contributed by atoms with van der Waals surface area (Å²) in [4.78, 5) is 2.34. The fourth-order valence-electron chi connectivity index (χ4n) is 15.6. The van der Waals surface area contributed by atoms with Crippen LogP contribution in [-0.4, -0.2) is 99.2 Å². The minimum Gasteiger partial charge on any atom is -0.316 e. The Morgan fingerprint density at radius 2 is 0.825 bits per heavy atom. The summed E-state index contributed by atoms with van der Waals surface area (Å²) < 4.78 is 60.9. The molecule has 8 rings (SSSR count). The van der Waals surface area contributed by atoms with Gasteiger partial charge in [-0.2, -0.15) is 8.61 Å². The molecule has 8 fully saturated rings. The van der Waals surface area contributed by atoms with Crippen LogP contribution < -0.4 is 5.32 Å². The second-order valence-corrected chi connectivity index (χ2v) is 26.1. The van der Waals surface area contributed by atoms with Crippen molar-refractivity contribution in [2.24, 2.45) is 33.5 Å². The van der Waals surface area contributed by atoms with Gasteiger partial charge in [0.15, 0.2) is 0 Å². The predicted molar refractivity (Wildman–Crippen MR) is 236 cm³/mol. The molecule has 0 aromatic carbocycles. The highest BCUT2D eigenvalue weighted by Crippen LogP contribution is 2.68. The highest BCUT2D eigenvalue weighted by Gasteiger charge is 2.67. The Morgan fingerprint density at radius 1 is 0.491 bits per heavy atom. The van der Waals surface area contributed by atoms with E-state index in [1.54, 1.807) is 0 Å². The smallest absolute Gasteiger partial charge is 0.215 e. The lowest BCUT2D eigenvalue weighted by Gasteiger charge is -2.48. The van der Waals surface area contributed by atoms with E-state index in [4.69, 9.17) is 0 Å². The number of rotatable bonds is 12. The van der Waals surface area contributed by atoms with Gasteiger partial charge in [-0.1, -0.05) is 105 Å². The SMILES string of the molecule is CN(C)C1CC2CCC1(CS(=O)(=O)N(C1CCCCC1)C1CCCCC1)C2(C)C.CNC1CC2CCC1(CS(=O)(=O)N(C1CCCCC1)C1CCCCC1)C2(C)C. The molecule has 0 aromatic rings. The van der Waals surface area contributed by atoms with Crippen molar-refractivity contribution in [1.82, 2.24) is 18.8 Å². The van der Waals surface area contributed by atoms with Crippen LogP contribution in [-0.2, 0) is 20.0 Å². The zero-order valence-corrected chi connectivity index (χ0v) is 39.3. The van der Waals surface area contributed by atoms with Gasteiger partial charge in [-0.25, -0.2) is 16.8 Å². The highest BCUT2D eigenvalue weighted by atomic mass is 32.2. The Morgan fingerprint density at radius 3 is 1.16 bits per heavy atom. The fourth-order valence-corrected chi connectivity index (χ4v) is 21.2. The van der Waals surface area contributed by atoms with Gasteiger partial charge < -0.3 is 10.2 Å². The van der Waals surface area contributed by atoms with E-state index in [1.165, 1.54) is 96.3 Å². The predicted octanol–water partition coefficient (Wildman–Crippen LogP) is 9.74. The molecule has 0 aromatic heterocycles. The molecular weight excluding hydrogens is 749 g/mol. The van der Waals surface area contributed by atoms with Gasteiger partial charge in [0.05, 0.1) is 11.5 Å². The van der Waals surface area contributed by atoms with Gasteiger partial charge in [-0.15, -0.1) is 0 Å². The maximum absolute atomic E-state index is 14.2. The zero-order chi connectivity index (χ0) is 40.9. The van der Waals surface area contributed by atoms with Gasteiger partial charge in [0.2, 0.25) is 20.0 Å². The second-order valence-electron chi connectivity index (χ2n) is 22.4. The van der Waals surface area contributed by atoms with Crippen LogP contribution in [0.2, 0.25) is 0 Å². The minimum atomic E-state index is -3.28. The van der Waals surface area contributed by atoms with Crippen molar-refractivity contribution < 1.29 is 16.8 Å². The van der Waals surface area contributed by atoms with Gasteiger partial charge in [0.25, 0.3) is 0 Å². The number of nitrogens with zero attached hydrogens (tertiary/aromatic N) is 3. The third kappa shape index (κ3) is 8.24. The van der Waals surface area contributed by atoms with E-state index in [0.717, 1.165) is 70.6 Å². The average Bonchev–Trinajstić information content (AvgIpc) is 3.74. The molecule has 8 aliphatic carbocycles. The summed E-state index contributed by atoms with van der Waals surface area (Å²) in [7, 11) is -0.187. The van der Waals surface area contributed by atoms with E-state index >= 15 is 0 Å². The first-order chi connectivity index (χ1) is 27.0. The first-order valence-corrected chi connectivity index (χ1v) is 27.6. The van der Waals surface area contributed by atoms with Crippen molar-refractivity contribution in [3.8, 4) is 0 Å². The van der Waals surface area contributed by atoms with Crippen molar-refractivity contribution in [1.29, 1.82) is 0 Å².